The van der Waals surface area contributed by atoms with Gasteiger partial charge in [0.2, 0.25) is 0 Å². The van der Waals surface area contributed by atoms with Gasteiger partial charge in [-0.15, -0.1) is 11.8 Å². The smallest absolute Gasteiger partial charge is 0.337 e. The number of hydrogen-bond donors (Lipinski definition) is 1. The molecule has 5 rings (SSSR count). The van der Waals surface area contributed by atoms with Crippen LogP contribution in [0.25, 0.3) is 22.2 Å². The monoisotopic (exact) mass is 648 g/mol. The van der Waals surface area contributed by atoms with Crippen LogP contribution in [0.5, 0.6) is 0 Å². The molecular formula is C37H43F3N4OS. The van der Waals surface area contributed by atoms with Crippen molar-refractivity contribution in [3.05, 3.63) is 95.1 Å². The van der Waals surface area contributed by atoms with Crippen LogP contribution in [0.4, 0.5) is 13.2 Å². The van der Waals surface area contributed by atoms with Gasteiger partial charge in [0.25, 0.3) is 5.91 Å². The fourth-order valence-corrected chi connectivity index (χ4v) is 7.05. The minimum Gasteiger partial charge on any atom is -0.337 e. The second-order valence-corrected chi connectivity index (χ2v) is 12.9. The average Bonchev–Trinajstić information content (AvgIpc) is 3.05. The Morgan fingerprint density at radius 1 is 1.04 bits per heavy atom. The van der Waals surface area contributed by atoms with Gasteiger partial charge >= 0.3 is 6.18 Å². The summed E-state index contributed by atoms with van der Waals surface area (Å²) >= 11 is 1.52. The van der Waals surface area contributed by atoms with Crippen molar-refractivity contribution < 1.29 is 18.0 Å². The number of aromatic nitrogens is 1. The standard InChI is InChI=1S/C37H43F3N4OS/c1-5-19-44(6-2)28-17-20-43(21-18-28)24-31-33(36(45)42-35(37(38,39)40)26-12-8-7-9-13-26)30-23-29(46-4)15-16-32(30)41-34(31)27-14-10-11-25(3)22-27/h7-16,22-23,28,35H,5-6,17-21,24H2,1-4H3,(H,42,45)/t35-/m1/s1. The number of fused-ring (bicyclic) bond motifs is 1. The fraction of sp³-hybridized carbons (Fsp3) is 0.405. The number of hydrogen-bond acceptors (Lipinski definition) is 5. The van der Waals surface area contributed by atoms with Crippen LogP contribution in [-0.4, -0.2) is 65.3 Å². The molecule has 5 nitrogen and oxygen atoms in total. The highest BCUT2D eigenvalue weighted by Gasteiger charge is 2.42. The van der Waals surface area contributed by atoms with E-state index in [1.54, 1.807) is 18.2 Å². The molecule has 1 saturated heterocycles. The maximum Gasteiger partial charge on any atom is 0.412 e. The Bertz CT molecular complexity index is 1640. The zero-order valence-corrected chi connectivity index (χ0v) is 27.8. The molecule has 0 radical (unpaired) electrons. The van der Waals surface area contributed by atoms with Crippen LogP contribution in [0.3, 0.4) is 0 Å². The number of carbonyl (C=O) groups is 1. The lowest BCUT2D eigenvalue weighted by Crippen LogP contribution is -2.45. The molecule has 0 spiro atoms. The van der Waals surface area contributed by atoms with Gasteiger partial charge in [0, 0.05) is 34.0 Å². The fourth-order valence-electron chi connectivity index (χ4n) is 6.61. The van der Waals surface area contributed by atoms with E-state index < -0.39 is 18.1 Å². The van der Waals surface area contributed by atoms with E-state index in [0.717, 1.165) is 61.5 Å². The molecule has 1 aliphatic rings. The molecule has 1 aromatic heterocycles. The molecule has 2 heterocycles. The number of likely N-dealkylation sites (tertiary alicyclic amines) is 1. The van der Waals surface area contributed by atoms with Crippen LogP contribution in [0.1, 0.15) is 66.2 Å². The average molecular weight is 649 g/mol. The summed E-state index contributed by atoms with van der Waals surface area (Å²) in [4.78, 5) is 25.2. The van der Waals surface area contributed by atoms with E-state index in [0.29, 0.717) is 34.7 Å². The van der Waals surface area contributed by atoms with Gasteiger partial charge in [0.1, 0.15) is 0 Å². The number of halogens is 3. The molecule has 0 unspecified atom stereocenters. The molecule has 1 aliphatic heterocycles. The van der Waals surface area contributed by atoms with Crippen LogP contribution in [0, 0.1) is 6.92 Å². The van der Waals surface area contributed by atoms with E-state index >= 15 is 0 Å². The highest BCUT2D eigenvalue weighted by molar-refractivity contribution is 7.98. The van der Waals surface area contributed by atoms with Crippen molar-refractivity contribution in [2.75, 3.05) is 32.4 Å². The Kier molecular flexibility index (Phi) is 11.1. The number of nitrogens with one attached hydrogen (secondary N) is 1. The number of nitrogens with zero attached hydrogens (tertiary/aromatic N) is 3. The minimum absolute atomic E-state index is 0.0124. The van der Waals surface area contributed by atoms with Crippen LogP contribution in [0.2, 0.25) is 0 Å². The molecule has 0 saturated carbocycles. The van der Waals surface area contributed by atoms with Crippen molar-refractivity contribution in [3.63, 3.8) is 0 Å². The number of thioether (sulfide) groups is 1. The van der Waals surface area contributed by atoms with E-state index in [4.69, 9.17) is 4.98 Å². The van der Waals surface area contributed by atoms with Crippen molar-refractivity contribution in [1.82, 2.24) is 20.1 Å². The second-order valence-electron chi connectivity index (χ2n) is 12.1. The first kappa shape index (κ1) is 33.9. The van der Waals surface area contributed by atoms with Crippen molar-refractivity contribution in [1.29, 1.82) is 0 Å². The Morgan fingerprint density at radius 3 is 2.41 bits per heavy atom. The number of benzene rings is 3. The SMILES string of the molecule is CCCN(CC)C1CCN(Cc2c(-c3cccc(C)c3)nc3ccc(SC)cc3c2C(=O)N[C@H](c2ccccc2)C(F)(F)F)CC1. The second kappa shape index (κ2) is 15.0. The predicted octanol–water partition coefficient (Wildman–Crippen LogP) is 8.66. The van der Waals surface area contributed by atoms with E-state index in [-0.39, 0.29) is 11.1 Å². The van der Waals surface area contributed by atoms with Crippen molar-refractivity contribution in [2.24, 2.45) is 0 Å². The van der Waals surface area contributed by atoms with Gasteiger partial charge in [-0.2, -0.15) is 13.2 Å². The molecule has 0 bridgehead atoms. The summed E-state index contributed by atoms with van der Waals surface area (Å²) in [5.74, 6) is -0.754. The van der Waals surface area contributed by atoms with E-state index in [2.05, 4.69) is 29.0 Å². The van der Waals surface area contributed by atoms with E-state index in [1.807, 2.05) is 55.6 Å². The van der Waals surface area contributed by atoms with Crippen molar-refractivity contribution in [2.45, 2.75) is 69.7 Å². The lowest BCUT2D eigenvalue weighted by atomic mass is 9.93. The van der Waals surface area contributed by atoms with Gasteiger partial charge in [0.15, 0.2) is 6.04 Å². The lowest BCUT2D eigenvalue weighted by molar-refractivity contribution is -0.155. The first-order valence-corrected chi connectivity index (χ1v) is 17.3. The highest BCUT2D eigenvalue weighted by atomic mass is 32.2. The lowest BCUT2D eigenvalue weighted by Gasteiger charge is -2.38. The molecule has 4 aromatic rings. The van der Waals surface area contributed by atoms with Crippen LogP contribution in [-0.2, 0) is 6.54 Å². The van der Waals surface area contributed by atoms with Crippen LogP contribution >= 0.6 is 11.8 Å². The normalized spacial score (nSPS) is 15.4. The number of pyridine rings is 1. The van der Waals surface area contributed by atoms with Gasteiger partial charge < -0.3 is 10.2 Å². The molecule has 0 aliphatic carbocycles. The van der Waals surface area contributed by atoms with Gasteiger partial charge in [-0.1, -0.05) is 67.9 Å². The Hall–Kier alpha value is -3.40. The maximum absolute atomic E-state index is 14.5. The van der Waals surface area contributed by atoms with Gasteiger partial charge in [-0.25, -0.2) is 4.98 Å². The number of rotatable bonds is 11. The van der Waals surface area contributed by atoms with E-state index in [9.17, 15) is 18.0 Å². The summed E-state index contributed by atoms with van der Waals surface area (Å²) in [6.45, 7) is 10.5. The van der Waals surface area contributed by atoms with Crippen LogP contribution < -0.4 is 5.32 Å². The molecule has 3 aromatic carbocycles. The molecule has 46 heavy (non-hydrogen) atoms. The third-order valence-electron chi connectivity index (χ3n) is 8.92. The molecule has 1 amide bonds. The third kappa shape index (κ3) is 7.76. The summed E-state index contributed by atoms with van der Waals surface area (Å²) < 4.78 is 43.6. The summed E-state index contributed by atoms with van der Waals surface area (Å²) in [7, 11) is 0. The molecule has 1 N–H and O–H groups in total. The Labute approximate surface area is 274 Å². The first-order chi connectivity index (χ1) is 22.1. The molecule has 244 valence electrons. The first-order valence-electron chi connectivity index (χ1n) is 16.1. The number of aryl methyl sites for hydroxylation is 1. The van der Waals surface area contributed by atoms with Gasteiger partial charge in [-0.3, -0.25) is 9.69 Å². The third-order valence-corrected chi connectivity index (χ3v) is 9.64. The number of amides is 1. The van der Waals surface area contributed by atoms with Crippen molar-refractivity contribution in [3.8, 4) is 11.3 Å². The molecular weight excluding hydrogens is 605 g/mol. The Balaban J connectivity index is 1.64. The minimum atomic E-state index is -4.69. The van der Waals surface area contributed by atoms with Gasteiger partial charge in [0.05, 0.1) is 16.8 Å². The van der Waals surface area contributed by atoms with E-state index in [1.165, 1.54) is 23.9 Å². The Morgan fingerprint density at radius 2 is 1.78 bits per heavy atom. The van der Waals surface area contributed by atoms with Gasteiger partial charge in [-0.05, 0) is 88.4 Å². The summed E-state index contributed by atoms with van der Waals surface area (Å²) in [5.41, 5.74) is 3.97. The molecule has 1 fully saturated rings. The molecule has 1 atom stereocenters. The largest absolute Gasteiger partial charge is 0.412 e. The number of alkyl halides is 3. The maximum atomic E-state index is 14.5. The topological polar surface area (TPSA) is 48.5 Å². The quantitative estimate of drug-likeness (QED) is 0.165. The summed E-state index contributed by atoms with van der Waals surface area (Å²) in [5, 5.41) is 2.96. The summed E-state index contributed by atoms with van der Waals surface area (Å²) in [6, 6.07) is 19.5. The van der Waals surface area contributed by atoms with Crippen LogP contribution in [0.15, 0.2) is 77.7 Å². The predicted molar refractivity (Wildman–Crippen MR) is 182 cm³/mol. The number of piperidine rings is 1. The zero-order chi connectivity index (χ0) is 32.8. The number of carbonyl (C=O) groups excluding carboxylic acids is 1. The molecule has 9 heteroatoms. The highest BCUT2D eigenvalue weighted by Crippen LogP contribution is 2.37. The zero-order valence-electron chi connectivity index (χ0n) is 27.0. The summed E-state index contributed by atoms with van der Waals surface area (Å²) in [6.07, 6.45) is 0.353. The van der Waals surface area contributed by atoms with Crippen molar-refractivity contribution >= 4 is 28.6 Å².